The number of methoxy groups -OCH3 is 1. The maximum absolute atomic E-state index is 13.3. The predicted octanol–water partition coefficient (Wildman–Crippen LogP) is 3.54. The van der Waals surface area contributed by atoms with Gasteiger partial charge in [0.2, 0.25) is 0 Å². The number of hydrogen-bond donors (Lipinski definition) is 1. The summed E-state index contributed by atoms with van der Waals surface area (Å²) in [5.41, 5.74) is -6.03. The summed E-state index contributed by atoms with van der Waals surface area (Å²) in [5.74, 6) is -3.10. The molecule has 1 amide bonds. The van der Waals surface area contributed by atoms with E-state index in [9.17, 15) is 35.6 Å². The fourth-order valence-electron chi connectivity index (χ4n) is 2.93. The van der Waals surface area contributed by atoms with Crippen LogP contribution in [-0.4, -0.2) is 40.0 Å². The average Bonchev–Trinajstić information content (AvgIpc) is 3.10. The smallest absolute Gasteiger partial charge is 0.469 e. The zero-order valence-electron chi connectivity index (χ0n) is 16.9. The van der Waals surface area contributed by atoms with E-state index in [0.29, 0.717) is 0 Å². The normalized spacial score (nSPS) is 11.9. The number of halogens is 4. The zero-order chi connectivity index (χ0) is 24.6. The van der Waals surface area contributed by atoms with E-state index in [1.807, 2.05) is 0 Å². The molecule has 0 fully saturated rings. The molecule has 0 atom stereocenters. The number of carbonyl (C=O) groups is 2. The van der Waals surface area contributed by atoms with E-state index in [4.69, 9.17) is 4.42 Å². The molecule has 0 radical (unpaired) electrons. The lowest BCUT2D eigenvalue weighted by atomic mass is 10.0. The first kappa shape index (κ1) is 24.0. The van der Waals surface area contributed by atoms with Crippen molar-refractivity contribution in [2.75, 3.05) is 14.2 Å². The summed E-state index contributed by atoms with van der Waals surface area (Å²) in [6, 6.07) is 6.72. The highest BCUT2D eigenvalue weighted by molar-refractivity contribution is 7.88. The number of amides is 1. The molecule has 2 aromatic carbocycles. The van der Waals surface area contributed by atoms with Crippen molar-refractivity contribution >= 4 is 33.0 Å². The third kappa shape index (κ3) is 4.77. The van der Waals surface area contributed by atoms with Crippen molar-refractivity contribution in [2.45, 2.75) is 11.9 Å². The van der Waals surface area contributed by atoms with Gasteiger partial charge in [-0.05, 0) is 36.4 Å². The summed E-state index contributed by atoms with van der Waals surface area (Å²) in [4.78, 5) is 24.3. The molecular weight excluding hydrogens is 474 g/mol. The molecule has 176 valence electrons. The number of esters is 1. The van der Waals surface area contributed by atoms with E-state index < -0.39 is 45.5 Å². The molecule has 0 spiro atoms. The Bertz CT molecular complexity index is 1330. The fraction of sp³-hybridized carbons (Fsp3) is 0.200. The Morgan fingerprint density at radius 2 is 1.76 bits per heavy atom. The average molecular weight is 489 g/mol. The van der Waals surface area contributed by atoms with Gasteiger partial charge < -0.3 is 18.7 Å². The third-order valence-electron chi connectivity index (χ3n) is 4.48. The number of hydrogen-bond acceptors (Lipinski definition) is 7. The van der Waals surface area contributed by atoms with Crippen LogP contribution >= 0.6 is 0 Å². The Morgan fingerprint density at radius 1 is 1.12 bits per heavy atom. The maximum atomic E-state index is 13.3. The summed E-state index contributed by atoms with van der Waals surface area (Å²) in [6.45, 7) is 0. The van der Waals surface area contributed by atoms with Crippen LogP contribution in [0, 0.1) is 5.82 Å². The van der Waals surface area contributed by atoms with E-state index in [2.05, 4.69) is 14.2 Å². The van der Waals surface area contributed by atoms with Crippen LogP contribution in [-0.2, 0) is 26.1 Å². The zero-order valence-corrected chi connectivity index (χ0v) is 17.8. The van der Waals surface area contributed by atoms with Crippen LogP contribution in [0.25, 0.3) is 22.3 Å². The largest absolute Gasteiger partial charge is 0.534 e. The van der Waals surface area contributed by atoms with Crippen molar-refractivity contribution in [3.63, 3.8) is 0 Å². The molecule has 8 nitrogen and oxygen atoms in total. The molecule has 0 unspecified atom stereocenters. The van der Waals surface area contributed by atoms with E-state index in [0.717, 1.165) is 31.4 Å². The van der Waals surface area contributed by atoms with Gasteiger partial charge in [0.1, 0.15) is 22.9 Å². The summed E-state index contributed by atoms with van der Waals surface area (Å²) < 4.78 is 89.7. The van der Waals surface area contributed by atoms with Crippen LogP contribution in [0.2, 0.25) is 0 Å². The summed E-state index contributed by atoms with van der Waals surface area (Å²) in [7, 11) is -3.79. The first-order chi connectivity index (χ1) is 15.4. The minimum absolute atomic E-state index is 0.0656. The molecule has 3 aromatic rings. The van der Waals surface area contributed by atoms with Crippen molar-refractivity contribution in [1.29, 1.82) is 0 Å². The van der Waals surface area contributed by atoms with E-state index >= 15 is 0 Å². The van der Waals surface area contributed by atoms with Gasteiger partial charge in [0.15, 0.2) is 0 Å². The second kappa shape index (κ2) is 8.73. The van der Waals surface area contributed by atoms with Gasteiger partial charge in [-0.15, -0.1) is 0 Å². The Balaban J connectivity index is 2.30. The molecule has 0 aliphatic heterocycles. The molecule has 13 heteroatoms. The molecular formula is C20H15F4NO7S. The van der Waals surface area contributed by atoms with Gasteiger partial charge in [-0.3, -0.25) is 9.59 Å². The SMILES string of the molecule is CNC(=O)c1c(-c2ccc(F)cc2)oc2cc(CC(=O)OC)c(OS(=O)(=O)C(F)(F)F)cc12. The van der Waals surface area contributed by atoms with Gasteiger partial charge in [-0.25, -0.2) is 4.39 Å². The van der Waals surface area contributed by atoms with Gasteiger partial charge in [0.25, 0.3) is 5.91 Å². The molecule has 33 heavy (non-hydrogen) atoms. The van der Waals surface area contributed by atoms with Gasteiger partial charge >= 0.3 is 21.6 Å². The first-order valence-electron chi connectivity index (χ1n) is 9.03. The van der Waals surface area contributed by atoms with E-state index in [1.54, 1.807) is 0 Å². The van der Waals surface area contributed by atoms with Gasteiger partial charge in [0.05, 0.1) is 19.1 Å². The molecule has 0 aliphatic rings. The highest BCUT2D eigenvalue weighted by atomic mass is 32.2. The lowest BCUT2D eigenvalue weighted by Gasteiger charge is -2.13. The summed E-state index contributed by atoms with van der Waals surface area (Å²) >= 11 is 0. The van der Waals surface area contributed by atoms with Crippen LogP contribution in [0.15, 0.2) is 40.8 Å². The molecule has 1 heterocycles. The minimum Gasteiger partial charge on any atom is -0.469 e. The van der Waals surface area contributed by atoms with Crippen molar-refractivity contribution in [3.8, 4) is 17.1 Å². The van der Waals surface area contributed by atoms with Gasteiger partial charge in [-0.2, -0.15) is 21.6 Å². The monoisotopic (exact) mass is 489 g/mol. The highest BCUT2D eigenvalue weighted by Crippen LogP contribution is 2.39. The van der Waals surface area contributed by atoms with E-state index in [1.165, 1.54) is 19.2 Å². The Morgan fingerprint density at radius 3 is 2.30 bits per heavy atom. The lowest BCUT2D eigenvalue weighted by Crippen LogP contribution is -2.28. The van der Waals surface area contributed by atoms with Crippen molar-refractivity contribution in [2.24, 2.45) is 0 Å². The predicted molar refractivity (Wildman–Crippen MR) is 106 cm³/mol. The second-order valence-electron chi connectivity index (χ2n) is 6.58. The van der Waals surface area contributed by atoms with Crippen molar-refractivity contribution < 1.29 is 48.9 Å². The molecule has 0 bridgehead atoms. The van der Waals surface area contributed by atoms with Crippen LogP contribution in [0.3, 0.4) is 0 Å². The Labute approximate surface area is 184 Å². The molecule has 0 saturated heterocycles. The number of furan rings is 1. The number of rotatable bonds is 6. The van der Waals surface area contributed by atoms with Crippen LogP contribution in [0.1, 0.15) is 15.9 Å². The molecule has 1 aromatic heterocycles. The van der Waals surface area contributed by atoms with Crippen LogP contribution in [0.5, 0.6) is 5.75 Å². The molecule has 1 N–H and O–H groups in total. The Kier molecular flexibility index (Phi) is 6.36. The maximum Gasteiger partial charge on any atom is 0.534 e. The van der Waals surface area contributed by atoms with Crippen molar-refractivity contribution in [1.82, 2.24) is 5.32 Å². The van der Waals surface area contributed by atoms with E-state index in [-0.39, 0.29) is 33.4 Å². The number of nitrogens with one attached hydrogen (secondary N) is 1. The minimum atomic E-state index is -6.10. The quantitative estimate of drug-likeness (QED) is 0.244. The standard InChI is InChI=1S/C20H15F4NO7S/c1-25-19(27)17-13-9-14(32-33(28,29)20(22,23)24)11(8-16(26)30-2)7-15(13)31-18(17)10-3-5-12(21)6-4-10/h3-7,9H,8H2,1-2H3,(H,25,27). The number of benzene rings is 2. The number of fused-ring (bicyclic) bond motifs is 1. The summed E-state index contributed by atoms with van der Waals surface area (Å²) in [6.07, 6.45) is -0.656. The van der Waals surface area contributed by atoms with Gasteiger partial charge in [-0.1, -0.05) is 0 Å². The van der Waals surface area contributed by atoms with Crippen LogP contribution < -0.4 is 9.50 Å². The highest BCUT2D eigenvalue weighted by Gasteiger charge is 2.49. The molecule has 0 aliphatic carbocycles. The molecule has 3 rings (SSSR count). The topological polar surface area (TPSA) is 112 Å². The molecule has 0 saturated carbocycles. The summed E-state index contributed by atoms with van der Waals surface area (Å²) in [5, 5.41) is 2.24. The number of carbonyl (C=O) groups excluding carboxylic acids is 2. The van der Waals surface area contributed by atoms with Gasteiger partial charge in [0, 0.05) is 23.6 Å². The first-order valence-corrected chi connectivity index (χ1v) is 10.4. The second-order valence-corrected chi connectivity index (χ2v) is 8.12. The third-order valence-corrected chi connectivity index (χ3v) is 5.44. The Hall–Kier alpha value is -3.61. The van der Waals surface area contributed by atoms with Crippen LogP contribution in [0.4, 0.5) is 17.6 Å². The fourth-order valence-corrected chi connectivity index (χ4v) is 3.41. The number of ether oxygens (including phenoxy) is 1. The number of alkyl halides is 3. The lowest BCUT2D eigenvalue weighted by molar-refractivity contribution is -0.139. The van der Waals surface area contributed by atoms with Crippen molar-refractivity contribution in [3.05, 3.63) is 53.3 Å².